The van der Waals surface area contributed by atoms with Gasteiger partial charge in [0.2, 0.25) is 10.0 Å². The molecule has 0 aliphatic rings. The minimum atomic E-state index is -3.60. The Kier molecular flexibility index (Phi) is 8.82. The predicted molar refractivity (Wildman–Crippen MR) is 185 cm³/mol. The van der Waals surface area contributed by atoms with Gasteiger partial charge in [-0.15, -0.1) is 12.4 Å². The van der Waals surface area contributed by atoms with Gasteiger partial charge in [0, 0.05) is 39.5 Å². The molecule has 0 unspecified atom stereocenters. The SMILES string of the molecule is Cl.O.O=S(=O)(CCNc1c2ccccc2nc2ccccc12)Nc1ccc(Nc2c3ccccc3nc3ccccc23)cc1. The van der Waals surface area contributed by atoms with Gasteiger partial charge >= 0.3 is 0 Å². The number of fused-ring (bicyclic) bond motifs is 4. The maximum atomic E-state index is 13.0. The van der Waals surface area contributed by atoms with Gasteiger partial charge in [-0.05, 0) is 48.5 Å². The fourth-order valence-electron chi connectivity index (χ4n) is 5.31. The van der Waals surface area contributed by atoms with E-state index in [4.69, 9.17) is 9.97 Å². The summed E-state index contributed by atoms with van der Waals surface area (Å²) in [5, 5.41) is 10.8. The lowest BCUT2D eigenvalue weighted by molar-refractivity contribution is 0.601. The van der Waals surface area contributed by atoms with Crippen LogP contribution in [-0.4, -0.2) is 36.2 Å². The van der Waals surface area contributed by atoms with Crippen molar-refractivity contribution in [2.75, 3.05) is 27.7 Å². The molecule has 7 aromatic rings. The average Bonchev–Trinajstić information content (AvgIpc) is 3.01. The molecule has 0 aliphatic carbocycles. The van der Waals surface area contributed by atoms with Gasteiger partial charge in [0.1, 0.15) is 0 Å². The fourth-order valence-corrected chi connectivity index (χ4v) is 6.28. The van der Waals surface area contributed by atoms with Crippen molar-refractivity contribution in [1.29, 1.82) is 0 Å². The van der Waals surface area contributed by atoms with Crippen molar-refractivity contribution in [3.8, 4) is 0 Å². The number of nitrogens with zero attached hydrogens (tertiary/aromatic N) is 2. The van der Waals surface area contributed by atoms with Crippen molar-refractivity contribution in [1.82, 2.24) is 9.97 Å². The first kappa shape index (κ1) is 30.5. The zero-order valence-electron chi connectivity index (χ0n) is 23.5. The van der Waals surface area contributed by atoms with Crippen molar-refractivity contribution in [2.45, 2.75) is 0 Å². The number of para-hydroxylation sites is 4. The fraction of sp³-hybridized carbons (Fsp3) is 0.0588. The van der Waals surface area contributed by atoms with E-state index in [2.05, 4.69) is 15.4 Å². The lowest BCUT2D eigenvalue weighted by Gasteiger charge is -2.15. The van der Waals surface area contributed by atoms with Crippen molar-refractivity contribution in [3.63, 3.8) is 0 Å². The van der Waals surface area contributed by atoms with E-state index in [0.29, 0.717) is 5.69 Å². The monoisotopic (exact) mass is 623 g/mol. The summed E-state index contributed by atoms with van der Waals surface area (Å²) >= 11 is 0. The van der Waals surface area contributed by atoms with Crippen LogP contribution in [0.5, 0.6) is 0 Å². The lowest BCUT2D eigenvalue weighted by Crippen LogP contribution is -2.22. The van der Waals surface area contributed by atoms with Crippen LogP contribution in [0.2, 0.25) is 0 Å². The molecule has 2 aromatic heterocycles. The second-order valence-corrected chi connectivity index (χ2v) is 11.9. The van der Waals surface area contributed by atoms with Crippen LogP contribution in [-0.2, 0) is 10.0 Å². The van der Waals surface area contributed by atoms with Crippen molar-refractivity contribution >= 4 is 88.8 Å². The second-order valence-electron chi connectivity index (χ2n) is 10.1. The quantitative estimate of drug-likeness (QED) is 0.153. The summed E-state index contributed by atoms with van der Waals surface area (Å²) in [5.41, 5.74) is 6.74. The molecule has 0 aliphatic heterocycles. The van der Waals surface area contributed by atoms with Crippen LogP contribution in [0.25, 0.3) is 43.6 Å². The highest BCUT2D eigenvalue weighted by Gasteiger charge is 2.14. The summed E-state index contributed by atoms with van der Waals surface area (Å²) in [6, 6.07) is 39.0. The van der Waals surface area contributed by atoms with Gasteiger partial charge < -0.3 is 16.1 Å². The third-order valence-corrected chi connectivity index (χ3v) is 8.56. The normalized spacial score (nSPS) is 11.2. The number of hydrogen-bond acceptors (Lipinski definition) is 6. The molecule has 0 amide bonds. The molecule has 0 saturated heterocycles. The highest BCUT2D eigenvalue weighted by molar-refractivity contribution is 7.92. The summed E-state index contributed by atoms with van der Waals surface area (Å²) in [6.07, 6.45) is 0. The van der Waals surface area contributed by atoms with E-state index >= 15 is 0 Å². The molecule has 0 saturated carbocycles. The van der Waals surface area contributed by atoms with Crippen LogP contribution in [0.1, 0.15) is 0 Å². The molecular formula is C34H30ClN5O3S. The number of hydrogen-bond donors (Lipinski definition) is 3. The third-order valence-electron chi connectivity index (χ3n) is 7.28. The summed E-state index contributed by atoms with van der Waals surface area (Å²) in [6.45, 7) is 0.245. The molecule has 8 nitrogen and oxygen atoms in total. The Labute approximate surface area is 260 Å². The van der Waals surface area contributed by atoms with Gasteiger partial charge in [-0.1, -0.05) is 72.8 Å². The summed E-state index contributed by atoms with van der Waals surface area (Å²) in [5.74, 6) is -0.0903. The number of aromatic nitrogens is 2. The Bertz CT molecular complexity index is 2100. The van der Waals surface area contributed by atoms with E-state index < -0.39 is 10.0 Å². The molecule has 0 spiro atoms. The average molecular weight is 624 g/mol. The highest BCUT2D eigenvalue weighted by Crippen LogP contribution is 2.33. The highest BCUT2D eigenvalue weighted by atomic mass is 35.5. The summed E-state index contributed by atoms with van der Waals surface area (Å²) in [4.78, 5) is 9.52. The van der Waals surface area contributed by atoms with Crippen molar-refractivity contribution < 1.29 is 13.9 Å². The predicted octanol–water partition coefficient (Wildman–Crippen LogP) is 7.28. The first-order chi connectivity index (χ1) is 20.5. The third kappa shape index (κ3) is 6.07. The Morgan fingerprint density at radius 3 is 1.36 bits per heavy atom. The molecule has 7 rings (SSSR count). The largest absolute Gasteiger partial charge is 0.412 e. The number of anilines is 4. The molecule has 0 atom stereocenters. The van der Waals surface area contributed by atoms with E-state index in [1.807, 2.05) is 109 Å². The molecule has 5 aromatic carbocycles. The van der Waals surface area contributed by atoms with Crippen LogP contribution in [0.15, 0.2) is 121 Å². The van der Waals surface area contributed by atoms with Crippen LogP contribution in [0, 0.1) is 0 Å². The maximum Gasteiger partial charge on any atom is 0.234 e. The zero-order chi connectivity index (χ0) is 28.5. The minimum Gasteiger partial charge on any atom is -0.412 e. The topological polar surface area (TPSA) is 128 Å². The van der Waals surface area contributed by atoms with Crippen LogP contribution in [0.4, 0.5) is 22.7 Å². The molecule has 0 radical (unpaired) electrons. The smallest absolute Gasteiger partial charge is 0.234 e. The first-order valence-electron chi connectivity index (χ1n) is 13.7. The summed E-state index contributed by atoms with van der Waals surface area (Å²) < 4.78 is 28.7. The standard InChI is InChI=1S/C34H27N5O2S.ClH.H2O/c40-42(41,22-21-35-33-25-9-1-5-13-29(25)37-30-14-6-2-10-26(30)33)39-24-19-17-23(18-20-24)36-34-27-11-3-7-15-31(27)38-32-16-8-4-12-28(32)34;;/h1-20,39H,21-22H2,(H,35,37)(H,36,38);1H;1H2. The molecule has 5 N–H and O–H groups in total. The number of sulfonamides is 1. The molecule has 2 heterocycles. The number of benzene rings is 5. The van der Waals surface area contributed by atoms with Gasteiger partial charge in [-0.3, -0.25) is 4.72 Å². The summed E-state index contributed by atoms with van der Waals surface area (Å²) in [7, 11) is -3.60. The van der Waals surface area contributed by atoms with E-state index in [-0.39, 0.29) is 30.2 Å². The van der Waals surface area contributed by atoms with Crippen molar-refractivity contribution in [3.05, 3.63) is 121 Å². The minimum absolute atomic E-state index is 0. The molecule has 10 heteroatoms. The Hall–Kier alpha value is -4.96. The van der Waals surface area contributed by atoms with E-state index in [0.717, 1.165) is 60.7 Å². The molecular weight excluding hydrogens is 594 g/mol. The lowest BCUT2D eigenvalue weighted by atomic mass is 10.1. The molecule has 44 heavy (non-hydrogen) atoms. The van der Waals surface area contributed by atoms with Gasteiger partial charge in [-0.2, -0.15) is 0 Å². The number of pyridine rings is 2. The first-order valence-corrected chi connectivity index (χ1v) is 15.4. The van der Waals surface area contributed by atoms with Crippen molar-refractivity contribution in [2.24, 2.45) is 0 Å². The zero-order valence-corrected chi connectivity index (χ0v) is 25.1. The van der Waals surface area contributed by atoms with Gasteiger partial charge in [0.05, 0.1) is 39.2 Å². The Balaban J connectivity index is 0.00000192. The van der Waals surface area contributed by atoms with Gasteiger partial charge in [-0.25, -0.2) is 18.4 Å². The van der Waals surface area contributed by atoms with Gasteiger partial charge in [0.25, 0.3) is 0 Å². The Morgan fingerprint density at radius 2 is 0.909 bits per heavy atom. The Morgan fingerprint density at radius 1 is 0.523 bits per heavy atom. The molecule has 0 bridgehead atoms. The van der Waals surface area contributed by atoms with Crippen LogP contribution in [0.3, 0.4) is 0 Å². The van der Waals surface area contributed by atoms with Crippen LogP contribution >= 0.6 is 12.4 Å². The van der Waals surface area contributed by atoms with E-state index in [1.54, 1.807) is 12.1 Å². The second kappa shape index (κ2) is 12.7. The maximum absolute atomic E-state index is 13.0. The molecule has 0 fully saturated rings. The molecule has 222 valence electrons. The van der Waals surface area contributed by atoms with E-state index in [1.165, 1.54) is 0 Å². The number of rotatable bonds is 8. The van der Waals surface area contributed by atoms with E-state index in [9.17, 15) is 8.42 Å². The van der Waals surface area contributed by atoms with Crippen LogP contribution < -0.4 is 15.4 Å². The number of nitrogens with one attached hydrogen (secondary N) is 3. The number of halogens is 1. The van der Waals surface area contributed by atoms with Gasteiger partial charge in [0.15, 0.2) is 0 Å².